The van der Waals surface area contributed by atoms with Crippen LogP contribution in [0.1, 0.15) is 45.1 Å². The van der Waals surface area contributed by atoms with Crippen molar-refractivity contribution in [2.24, 2.45) is 0 Å². The molecule has 1 aliphatic rings. The summed E-state index contributed by atoms with van der Waals surface area (Å²) in [5, 5.41) is 17.0. The van der Waals surface area contributed by atoms with Gasteiger partial charge in [-0.3, -0.25) is 9.69 Å². The SMILES string of the molecule is C#Cc1cccc(Nc2ncnc3cc(O)c(NC(=O)/C=C/CN(CCC)CCC)cc23)c1.C1CCOC1. The number of ether oxygens (including phenoxy) is 1. The minimum atomic E-state index is -0.314. The van der Waals surface area contributed by atoms with Crippen molar-refractivity contribution in [2.75, 3.05) is 43.5 Å². The van der Waals surface area contributed by atoms with Crippen LogP contribution in [0.15, 0.2) is 54.9 Å². The Morgan fingerprint density at radius 2 is 1.92 bits per heavy atom. The van der Waals surface area contributed by atoms with Gasteiger partial charge in [0.25, 0.3) is 0 Å². The number of phenols is 1. The molecule has 1 aromatic heterocycles. The fraction of sp³-hybridized carbons (Fsp3) is 0.367. The molecular weight excluding hydrogens is 478 g/mol. The molecule has 0 radical (unpaired) electrons. The van der Waals surface area contributed by atoms with Crippen LogP contribution in [0, 0.1) is 12.3 Å². The van der Waals surface area contributed by atoms with E-state index in [-0.39, 0.29) is 17.3 Å². The third-order valence-electron chi connectivity index (χ3n) is 5.84. The quantitative estimate of drug-likeness (QED) is 0.187. The van der Waals surface area contributed by atoms with Crippen LogP contribution in [-0.4, -0.2) is 58.7 Å². The number of rotatable bonds is 10. The standard InChI is InChI=1S/C26H29N5O2.C4H8O/c1-4-12-31(13-5-2)14-8-11-25(33)30-23-16-21-22(17-24(23)32)27-18-28-26(21)29-20-10-7-9-19(6-3)15-20;1-2-4-5-3-1/h3,7-11,15-18,32H,4-5,12-14H2,1-2H3,(H,30,33)(H,27,28,29);1-4H2/b11-8+;. The van der Waals surface area contributed by atoms with Gasteiger partial charge in [0.2, 0.25) is 5.91 Å². The van der Waals surface area contributed by atoms with Crippen LogP contribution < -0.4 is 10.6 Å². The molecule has 2 aromatic carbocycles. The number of fused-ring (bicyclic) bond motifs is 1. The monoisotopic (exact) mass is 515 g/mol. The van der Waals surface area contributed by atoms with Crippen LogP contribution >= 0.6 is 0 Å². The van der Waals surface area contributed by atoms with E-state index in [2.05, 4.69) is 45.3 Å². The summed E-state index contributed by atoms with van der Waals surface area (Å²) < 4.78 is 4.94. The Balaban J connectivity index is 0.000000715. The molecule has 8 heteroatoms. The lowest BCUT2D eigenvalue weighted by Crippen LogP contribution is -2.25. The van der Waals surface area contributed by atoms with Crippen LogP contribution in [0.2, 0.25) is 0 Å². The molecule has 3 aromatic rings. The molecule has 3 N–H and O–H groups in total. The fourth-order valence-corrected chi connectivity index (χ4v) is 4.04. The number of hydrogen-bond donors (Lipinski definition) is 3. The number of nitrogens with zero attached hydrogens (tertiary/aromatic N) is 3. The Hall–Kier alpha value is -3.93. The molecule has 0 spiro atoms. The first-order valence-corrected chi connectivity index (χ1v) is 13.1. The Morgan fingerprint density at radius 3 is 2.58 bits per heavy atom. The molecule has 0 saturated carbocycles. The topological polar surface area (TPSA) is 99.6 Å². The van der Waals surface area contributed by atoms with Crippen molar-refractivity contribution in [2.45, 2.75) is 39.5 Å². The fourth-order valence-electron chi connectivity index (χ4n) is 4.04. The number of benzene rings is 2. The molecule has 2 heterocycles. The summed E-state index contributed by atoms with van der Waals surface area (Å²) in [6.07, 6.45) is 14.9. The predicted octanol–water partition coefficient (Wildman–Crippen LogP) is 5.47. The molecule has 0 bridgehead atoms. The van der Waals surface area contributed by atoms with Crippen molar-refractivity contribution < 1.29 is 14.6 Å². The maximum Gasteiger partial charge on any atom is 0.248 e. The maximum atomic E-state index is 12.5. The number of anilines is 3. The van der Waals surface area contributed by atoms with Gasteiger partial charge in [0.05, 0.1) is 11.2 Å². The summed E-state index contributed by atoms with van der Waals surface area (Å²) in [6.45, 7) is 8.97. The lowest BCUT2D eigenvalue weighted by atomic mass is 10.1. The molecule has 0 aliphatic carbocycles. The zero-order valence-electron chi connectivity index (χ0n) is 22.2. The average molecular weight is 516 g/mol. The number of phenolic OH excluding ortho intramolecular Hbond substituents is 1. The number of amides is 1. The van der Waals surface area contributed by atoms with Crippen LogP contribution in [0.4, 0.5) is 17.2 Å². The first-order valence-electron chi connectivity index (χ1n) is 13.1. The van der Waals surface area contributed by atoms with Gasteiger partial charge in [-0.1, -0.05) is 31.9 Å². The van der Waals surface area contributed by atoms with E-state index in [0.717, 1.165) is 50.4 Å². The van der Waals surface area contributed by atoms with E-state index < -0.39 is 0 Å². The highest BCUT2D eigenvalue weighted by molar-refractivity contribution is 6.03. The van der Waals surface area contributed by atoms with Crippen LogP contribution in [0.5, 0.6) is 5.75 Å². The zero-order valence-corrected chi connectivity index (χ0v) is 22.2. The molecule has 8 nitrogen and oxygen atoms in total. The Kier molecular flexibility index (Phi) is 11.6. The van der Waals surface area contributed by atoms with Crippen molar-refractivity contribution >= 4 is 34.0 Å². The first-order chi connectivity index (χ1) is 18.5. The third kappa shape index (κ3) is 8.87. The predicted molar refractivity (Wildman–Crippen MR) is 154 cm³/mol. The number of carbonyl (C=O) groups is 1. The second-order valence-corrected chi connectivity index (χ2v) is 8.97. The Morgan fingerprint density at radius 1 is 1.16 bits per heavy atom. The molecule has 1 amide bonds. The molecule has 0 unspecified atom stereocenters. The van der Waals surface area contributed by atoms with E-state index >= 15 is 0 Å². The highest BCUT2D eigenvalue weighted by Crippen LogP contribution is 2.32. The third-order valence-corrected chi connectivity index (χ3v) is 5.84. The molecule has 1 aliphatic heterocycles. The number of carbonyl (C=O) groups excluding carboxylic acids is 1. The summed E-state index contributed by atoms with van der Waals surface area (Å²) in [6, 6.07) is 10.6. The largest absolute Gasteiger partial charge is 0.506 e. The van der Waals surface area contributed by atoms with E-state index in [1.54, 1.807) is 6.07 Å². The van der Waals surface area contributed by atoms with Gasteiger partial charge < -0.3 is 20.5 Å². The first kappa shape index (κ1) is 28.6. The van der Waals surface area contributed by atoms with Crippen molar-refractivity contribution in [1.29, 1.82) is 0 Å². The summed E-state index contributed by atoms with van der Waals surface area (Å²) in [7, 11) is 0. The summed E-state index contributed by atoms with van der Waals surface area (Å²) in [5.74, 6) is 2.76. The molecule has 1 fully saturated rings. The van der Waals surface area contributed by atoms with E-state index in [1.165, 1.54) is 31.3 Å². The van der Waals surface area contributed by atoms with E-state index in [4.69, 9.17) is 11.2 Å². The maximum absolute atomic E-state index is 12.5. The van der Waals surface area contributed by atoms with Crippen LogP contribution in [0.3, 0.4) is 0 Å². The number of nitrogens with one attached hydrogen (secondary N) is 2. The van der Waals surface area contributed by atoms with Crippen LogP contribution in [-0.2, 0) is 9.53 Å². The zero-order chi connectivity index (χ0) is 27.2. The van der Waals surface area contributed by atoms with Crippen LogP contribution in [0.25, 0.3) is 10.9 Å². The summed E-state index contributed by atoms with van der Waals surface area (Å²) >= 11 is 0. The summed E-state index contributed by atoms with van der Waals surface area (Å²) in [4.78, 5) is 23.3. The van der Waals surface area contributed by atoms with Crippen molar-refractivity contribution in [3.8, 4) is 18.1 Å². The number of hydrogen-bond acceptors (Lipinski definition) is 7. The van der Waals surface area contributed by atoms with Gasteiger partial charge in [0.1, 0.15) is 17.9 Å². The smallest absolute Gasteiger partial charge is 0.248 e. The van der Waals surface area contributed by atoms with Crippen molar-refractivity contribution in [3.05, 3.63) is 60.4 Å². The Bertz CT molecular complexity index is 1250. The Labute approximate surface area is 225 Å². The number of aromatic hydroxyl groups is 1. The number of aromatic nitrogens is 2. The second kappa shape index (κ2) is 15.4. The number of terminal acetylenes is 1. The van der Waals surface area contributed by atoms with Gasteiger partial charge in [0.15, 0.2) is 0 Å². The van der Waals surface area contributed by atoms with Gasteiger partial charge in [0, 0.05) is 48.5 Å². The van der Waals surface area contributed by atoms with E-state index in [0.29, 0.717) is 23.3 Å². The van der Waals surface area contributed by atoms with Crippen molar-refractivity contribution in [3.63, 3.8) is 0 Å². The van der Waals surface area contributed by atoms with Crippen molar-refractivity contribution in [1.82, 2.24) is 14.9 Å². The highest BCUT2D eigenvalue weighted by Gasteiger charge is 2.11. The lowest BCUT2D eigenvalue weighted by molar-refractivity contribution is -0.111. The van der Waals surface area contributed by atoms with E-state index in [9.17, 15) is 9.90 Å². The summed E-state index contributed by atoms with van der Waals surface area (Å²) in [5.41, 5.74) is 2.34. The molecule has 0 atom stereocenters. The molecule has 38 heavy (non-hydrogen) atoms. The second-order valence-electron chi connectivity index (χ2n) is 8.97. The normalized spacial score (nSPS) is 12.8. The average Bonchev–Trinajstić information content (AvgIpc) is 3.50. The molecule has 4 rings (SSSR count). The highest BCUT2D eigenvalue weighted by atomic mass is 16.5. The minimum Gasteiger partial charge on any atom is -0.506 e. The van der Waals surface area contributed by atoms with Gasteiger partial charge in [-0.05, 0) is 63.0 Å². The van der Waals surface area contributed by atoms with Gasteiger partial charge >= 0.3 is 0 Å². The van der Waals surface area contributed by atoms with E-state index in [1.807, 2.05) is 30.3 Å². The van der Waals surface area contributed by atoms with Gasteiger partial charge in [-0.15, -0.1) is 6.42 Å². The molecular formula is C30H37N5O3. The van der Waals surface area contributed by atoms with Gasteiger partial charge in [-0.2, -0.15) is 0 Å². The molecule has 200 valence electrons. The van der Waals surface area contributed by atoms with Gasteiger partial charge in [-0.25, -0.2) is 9.97 Å². The minimum absolute atomic E-state index is 0.0678. The lowest BCUT2D eigenvalue weighted by Gasteiger charge is -2.18. The molecule has 1 saturated heterocycles.